The number of aryl methyl sites for hydroxylation is 1. The van der Waals surface area contributed by atoms with Crippen molar-refractivity contribution in [2.24, 2.45) is 0 Å². The third kappa shape index (κ3) is 5.16. The summed E-state index contributed by atoms with van der Waals surface area (Å²) in [6, 6.07) is 21.3. The fraction of sp³-hybridized carbons (Fsp3) is 0.241. The molecule has 0 saturated carbocycles. The van der Waals surface area contributed by atoms with Crippen LogP contribution in [0.3, 0.4) is 0 Å². The molecule has 1 saturated heterocycles. The molecule has 1 atom stereocenters. The van der Waals surface area contributed by atoms with Crippen molar-refractivity contribution in [2.45, 2.75) is 19.9 Å². The summed E-state index contributed by atoms with van der Waals surface area (Å²) in [5, 5.41) is 6.97. The molecule has 4 heterocycles. The molecule has 1 fully saturated rings. The largest absolute Gasteiger partial charge is 0.363 e. The van der Waals surface area contributed by atoms with Crippen LogP contribution in [-0.4, -0.2) is 46.1 Å². The summed E-state index contributed by atoms with van der Waals surface area (Å²) in [4.78, 5) is 20.8. The molecule has 8 heteroatoms. The van der Waals surface area contributed by atoms with E-state index in [0.29, 0.717) is 0 Å². The smallest absolute Gasteiger partial charge is 0.130 e. The van der Waals surface area contributed by atoms with Crippen molar-refractivity contribution in [1.29, 1.82) is 0 Å². The first-order valence-electron chi connectivity index (χ1n) is 12.6. The van der Waals surface area contributed by atoms with Crippen LogP contribution in [0, 0.1) is 6.92 Å². The molecule has 3 aromatic heterocycles. The Labute approximate surface area is 220 Å². The normalized spacial score (nSPS) is 14.6. The second-order valence-electron chi connectivity index (χ2n) is 9.35. The summed E-state index contributed by atoms with van der Waals surface area (Å²) in [6.45, 7) is 8.09. The van der Waals surface area contributed by atoms with Gasteiger partial charge in [-0.1, -0.05) is 24.3 Å². The number of hydrogen-bond donors (Lipinski definition) is 2. The molecule has 7 nitrogen and oxygen atoms in total. The van der Waals surface area contributed by atoms with Gasteiger partial charge in [-0.3, -0.25) is 0 Å². The van der Waals surface area contributed by atoms with Crippen LogP contribution in [0.4, 0.5) is 11.6 Å². The lowest BCUT2D eigenvalue weighted by atomic mass is 10.0. The Bertz CT molecular complexity index is 1520. The monoisotopic (exact) mass is 507 g/mol. The highest BCUT2D eigenvalue weighted by Gasteiger charge is 2.13. The van der Waals surface area contributed by atoms with Gasteiger partial charge in [0.2, 0.25) is 0 Å². The molecule has 1 aliphatic heterocycles. The first kappa shape index (κ1) is 23.5. The first-order valence-corrected chi connectivity index (χ1v) is 13.5. The van der Waals surface area contributed by atoms with Crippen molar-refractivity contribution in [2.75, 3.05) is 36.4 Å². The van der Waals surface area contributed by atoms with Gasteiger partial charge in [-0.05, 0) is 55.3 Å². The number of benzene rings is 2. The molecule has 6 rings (SSSR count). The fourth-order valence-corrected chi connectivity index (χ4v) is 5.45. The lowest BCUT2D eigenvalue weighted by molar-refractivity contribution is 0.585. The minimum atomic E-state index is 0.0687. The average molecular weight is 508 g/mol. The van der Waals surface area contributed by atoms with Crippen molar-refractivity contribution in [3.05, 3.63) is 83.8 Å². The van der Waals surface area contributed by atoms with Gasteiger partial charge in [0.1, 0.15) is 17.5 Å². The molecule has 0 bridgehead atoms. The second-order valence-corrected chi connectivity index (χ2v) is 10.2. The summed E-state index contributed by atoms with van der Waals surface area (Å²) in [5.74, 6) is 2.59. The maximum Gasteiger partial charge on any atom is 0.130 e. The Morgan fingerprint density at radius 3 is 2.62 bits per heavy atom. The van der Waals surface area contributed by atoms with Crippen molar-refractivity contribution >= 4 is 33.2 Å². The molecule has 37 heavy (non-hydrogen) atoms. The third-order valence-corrected chi connectivity index (χ3v) is 7.53. The number of aromatic nitrogens is 4. The zero-order valence-corrected chi connectivity index (χ0v) is 21.8. The number of piperazine rings is 1. The molecule has 2 N–H and O–H groups in total. The van der Waals surface area contributed by atoms with E-state index in [4.69, 9.17) is 4.98 Å². The van der Waals surface area contributed by atoms with E-state index < -0.39 is 0 Å². The number of nitrogens with one attached hydrogen (secondary N) is 2. The molecule has 0 aliphatic carbocycles. The third-order valence-electron chi connectivity index (χ3n) is 6.74. The average Bonchev–Trinajstić information content (AvgIpc) is 3.41. The topological polar surface area (TPSA) is 78.9 Å². The van der Waals surface area contributed by atoms with Crippen LogP contribution < -0.4 is 15.5 Å². The maximum absolute atomic E-state index is 4.75. The zero-order chi connectivity index (χ0) is 25.2. The van der Waals surface area contributed by atoms with Gasteiger partial charge < -0.3 is 15.5 Å². The van der Waals surface area contributed by atoms with Gasteiger partial charge in [-0.25, -0.2) is 19.9 Å². The number of anilines is 2. The van der Waals surface area contributed by atoms with E-state index in [2.05, 4.69) is 85.9 Å². The van der Waals surface area contributed by atoms with Gasteiger partial charge in [0.05, 0.1) is 21.4 Å². The van der Waals surface area contributed by atoms with E-state index >= 15 is 0 Å². The van der Waals surface area contributed by atoms with E-state index in [-0.39, 0.29) is 6.04 Å². The highest BCUT2D eigenvalue weighted by atomic mass is 32.1. The van der Waals surface area contributed by atoms with Gasteiger partial charge in [0.15, 0.2) is 0 Å². The van der Waals surface area contributed by atoms with E-state index in [0.717, 1.165) is 76.2 Å². The summed E-state index contributed by atoms with van der Waals surface area (Å²) in [7, 11) is 0. The SMILES string of the molecule is Cc1nc(NC(C)c2cccc(-c3ccc(N4CCNCC4)nc3)c2)cc(-c2ccc3ncsc3c2)n1. The maximum atomic E-state index is 4.75. The number of nitrogens with zero attached hydrogens (tertiary/aromatic N) is 5. The molecule has 0 radical (unpaired) electrons. The van der Waals surface area contributed by atoms with Gasteiger partial charge in [-0.15, -0.1) is 11.3 Å². The minimum Gasteiger partial charge on any atom is -0.363 e. The lowest BCUT2D eigenvalue weighted by Gasteiger charge is -2.28. The van der Waals surface area contributed by atoms with Gasteiger partial charge in [0.25, 0.3) is 0 Å². The molecule has 1 aliphatic rings. The van der Waals surface area contributed by atoms with Crippen molar-refractivity contribution in [1.82, 2.24) is 25.3 Å². The van der Waals surface area contributed by atoms with E-state index in [9.17, 15) is 0 Å². The predicted octanol–water partition coefficient (Wildman–Crippen LogP) is 5.71. The Morgan fingerprint density at radius 1 is 0.919 bits per heavy atom. The van der Waals surface area contributed by atoms with Gasteiger partial charge in [0, 0.05) is 55.6 Å². The quantitative estimate of drug-likeness (QED) is 0.305. The minimum absolute atomic E-state index is 0.0687. The lowest BCUT2D eigenvalue weighted by Crippen LogP contribution is -2.43. The highest BCUT2D eigenvalue weighted by Crippen LogP contribution is 2.29. The Balaban J connectivity index is 1.21. The summed E-state index contributed by atoms with van der Waals surface area (Å²) in [5.41, 5.74) is 8.32. The summed E-state index contributed by atoms with van der Waals surface area (Å²) < 4.78 is 1.16. The summed E-state index contributed by atoms with van der Waals surface area (Å²) >= 11 is 1.64. The van der Waals surface area contributed by atoms with Gasteiger partial charge in [-0.2, -0.15) is 0 Å². The summed E-state index contributed by atoms with van der Waals surface area (Å²) in [6.07, 6.45) is 1.98. The Morgan fingerprint density at radius 2 is 1.78 bits per heavy atom. The second kappa shape index (κ2) is 10.2. The van der Waals surface area contributed by atoms with E-state index in [1.165, 1.54) is 5.56 Å². The molecular weight excluding hydrogens is 478 g/mol. The number of hydrogen-bond acceptors (Lipinski definition) is 8. The molecule has 1 unspecified atom stereocenters. The van der Waals surface area contributed by atoms with Crippen molar-refractivity contribution < 1.29 is 0 Å². The molecule has 186 valence electrons. The van der Waals surface area contributed by atoms with Crippen LogP contribution in [0.2, 0.25) is 0 Å². The Kier molecular flexibility index (Phi) is 6.51. The fourth-order valence-electron chi connectivity index (χ4n) is 4.73. The standard InChI is InChI=1S/C29H29N7S/c1-19(33-28-16-26(34-20(2)35-28)23-6-8-25-27(15-23)37-18-32-25)21-4-3-5-22(14-21)24-7-9-29(31-17-24)36-12-10-30-11-13-36/h3-9,14-19,30H,10-13H2,1-2H3,(H,33,34,35). The molecule has 2 aromatic carbocycles. The van der Waals surface area contributed by atoms with E-state index in [1.807, 2.05) is 30.8 Å². The van der Waals surface area contributed by atoms with Gasteiger partial charge >= 0.3 is 0 Å². The Hall–Kier alpha value is -3.88. The van der Waals surface area contributed by atoms with Crippen molar-refractivity contribution in [3.63, 3.8) is 0 Å². The van der Waals surface area contributed by atoms with Crippen LogP contribution in [0.1, 0.15) is 24.4 Å². The molecular formula is C29H29N7S. The van der Waals surface area contributed by atoms with Crippen LogP contribution in [0.5, 0.6) is 0 Å². The molecule has 0 amide bonds. The van der Waals surface area contributed by atoms with Crippen LogP contribution >= 0.6 is 11.3 Å². The number of rotatable bonds is 6. The highest BCUT2D eigenvalue weighted by molar-refractivity contribution is 7.16. The predicted molar refractivity (Wildman–Crippen MR) is 152 cm³/mol. The van der Waals surface area contributed by atoms with Crippen LogP contribution in [0.15, 0.2) is 72.4 Å². The first-order chi connectivity index (χ1) is 18.1. The number of pyridine rings is 1. The van der Waals surface area contributed by atoms with Crippen LogP contribution in [0.25, 0.3) is 32.6 Å². The number of fused-ring (bicyclic) bond motifs is 1. The van der Waals surface area contributed by atoms with Crippen LogP contribution in [-0.2, 0) is 0 Å². The molecule has 0 spiro atoms. The molecule has 5 aromatic rings. The zero-order valence-electron chi connectivity index (χ0n) is 21.0. The van der Waals surface area contributed by atoms with E-state index in [1.54, 1.807) is 11.3 Å². The van der Waals surface area contributed by atoms with Crippen molar-refractivity contribution in [3.8, 4) is 22.4 Å². The number of thiazole rings is 1.